The third-order valence-corrected chi connectivity index (χ3v) is 4.29. The Labute approximate surface area is 146 Å². The van der Waals surface area contributed by atoms with Crippen LogP contribution in [0.1, 0.15) is 18.1 Å². The molecule has 0 radical (unpaired) electrons. The van der Waals surface area contributed by atoms with Gasteiger partial charge in [0.2, 0.25) is 0 Å². The van der Waals surface area contributed by atoms with Crippen molar-refractivity contribution in [2.75, 3.05) is 0 Å². The van der Waals surface area contributed by atoms with Crippen molar-refractivity contribution in [1.82, 2.24) is 0 Å². The molecule has 0 unspecified atom stereocenters. The van der Waals surface area contributed by atoms with Crippen LogP contribution in [0.3, 0.4) is 0 Å². The molecule has 3 aromatic rings. The Morgan fingerprint density at radius 1 is 0.920 bits per heavy atom. The topological polar surface area (TPSA) is 78.8 Å². The predicted molar refractivity (Wildman–Crippen MR) is 101 cm³/mol. The number of phenolic OH excluding ortho intramolecular Hbond substituents is 1. The second-order valence-corrected chi connectivity index (χ2v) is 5.77. The highest BCUT2D eigenvalue weighted by Gasteiger charge is 2.17. The first-order chi connectivity index (χ1) is 12.2. The molecule has 4 heteroatoms. The summed E-state index contributed by atoms with van der Waals surface area (Å²) in [5, 5.41) is 22.0. The summed E-state index contributed by atoms with van der Waals surface area (Å²) in [6.07, 6.45) is 0.871. The molecule has 4 N–H and O–H groups in total. The molecule has 0 bridgehead atoms. The van der Waals surface area contributed by atoms with Gasteiger partial charge in [0.25, 0.3) is 0 Å². The lowest BCUT2D eigenvalue weighted by atomic mass is 9.87. The predicted octanol–water partition coefficient (Wildman–Crippen LogP) is 4.38. The van der Waals surface area contributed by atoms with Gasteiger partial charge in [0.15, 0.2) is 5.84 Å². The van der Waals surface area contributed by atoms with E-state index in [0.29, 0.717) is 5.56 Å². The van der Waals surface area contributed by atoms with Gasteiger partial charge in [-0.25, -0.2) is 0 Å². The maximum atomic E-state index is 9.58. The van der Waals surface area contributed by atoms with Crippen molar-refractivity contribution in [3.05, 3.63) is 77.9 Å². The third-order valence-electron chi connectivity index (χ3n) is 4.29. The van der Waals surface area contributed by atoms with E-state index in [0.717, 1.165) is 28.7 Å². The molecule has 3 aromatic carbocycles. The Morgan fingerprint density at radius 3 is 2.28 bits per heavy atom. The van der Waals surface area contributed by atoms with Crippen LogP contribution in [0.15, 0.2) is 71.9 Å². The van der Waals surface area contributed by atoms with Crippen molar-refractivity contribution in [2.24, 2.45) is 10.9 Å². The molecule has 0 saturated heterocycles. The highest BCUT2D eigenvalue weighted by atomic mass is 16.4. The first-order valence-corrected chi connectivity index (χ1v) is 8.14. The van der Waals surface area contributed by atoms with E-state index in [2.05, 4.69) is 18.1 Å². The van der Waals surface area contributed by atoms with E-state index in [1.165, 1.54) is 5.56 Å². The van der Waals surface area contributed by atoms with Crippen molar-refractivity contribution in [3.8, 4) is 28.0 Å². The summed E-state index contributed by atoms with van der Waals surface area (Å²) in [7, 11) is 0. The molecule has 0 aliphatic rings. The highest BCUT2D eigenvalue weighted by molar-refractivity contribution is 6.07. The molecular formula is C21H20N2O2. The van der Waals surface area contributed by atoms with Gasteiger partial charge in [-0.05, 0) is 40.8 Å². The monoisotopic (exact) mass is 332 g/mol. The Morgan fingerprint density at radius 2 is 1.60 bits per heavy atom. The van der Waals surface area contributed by atoms with Gasteiger partial charge in [-0.3, -0.25) is 0 Å². The molecule has 3 rings (SSSR count). The number of benzene rings is 3. The lowest BCUT2D eigenvalue weighted by Gasteiger charge is -2.17. The van der Waals surface area contributed by atoms with Crippen LogP contribution in [0.4, 0.5) is 0 Å². The number of hydrogen-bond donors (Lipinski definition) is 3. The summed E-state index contributed by atoms with van der Waals surface area (Å²) in [6, 6.07) is 20.9. The van der Waals surface area contributed by atoms with Gasteiger partial charge in [-0.2, -0.15) is 0 Å². The van der Waals surface area contributed by atoms with E-state index in [4.69, 9.17) is 5.73 Å². The molecule has 126 valence electrons. The van der Waals surface area contributed by atoms with Crippen LogP contribution < -0.4 is 5.73 Å². The first kappa shape index (κ1) is 16.6. The molecule has 25 heavy (non-hydrogen) atoms. The van der Waals surface area contributed by atoms with Crippen molar-refractivity contribution < 1.29 is 10.3 Å². The molecule has 0 aliphatic carbocycles. The summed E-state index contributed by atoms with van der Waals surface area (Å²) in [5.74, 6) is 0.286. The van der Waals surface area contributed by atoms with Crippen LogP contribution >= 0.6 is 0 Å². The Kier molecular flexibility index (Phi) is 4.70. The van der Waals surface area contributed by atoms with Gasteiger partial charge in [0.1, 0.15) is 5.75 Å². The van der Waals surface area contributed by atoms with Crippen molar-refractivity contribution >= 4 is 5.84 Å². The van der Waals surface area contributed by atoms with E-state index in [9.17, 15) is 10.3 Å². The van der Waals surface area contributed by atoms with Gasteiger partial charge >= 0.3 is 0 Å². The van der Waals surface area contributed by atoms with Crippen molar-refractivity contribution in [1.29, 1.82) is 0 Å². The van der Waals surface area contributed by atoms with Gasteiger partial charge in [0.05, 0.1) is 0 Å². The van der Waals surface area contributed by atoms with E-state index in [1.54, 1.807) is 12.1 Å². The molecule has 0 spiro atoms. The minimum Gasteiger partial charge on any atom is -0.508 e. The molecule has 4 nitrogen and oxygen atoms in total. The van der Waals surface area contributed by atoms with Gasteiger partial charge in [-0.1, -0.05) is 66.7 Å². The smallest absolute Gasteiger partial charge is 0.170 e. The highest BCUT2D eigenvalue weighted by Crippen LogP contribution is 2.37. The number of amidine groups is 1. The summed E-state index contributed by atoms with van der Waals surface area (Å²) < 4.78 is 0. The second-order valence-electron chi connectivity index (χ2n) is 5.77. The molecule has 0 aromatic heterocycles. The van der Waals surface area contributed by atoms with Crippen molar-refractivity contribution in [3.63, 3.8) is 0 Å². The molecule has 0 heterocycles. The molecule has 0 atom stereocenters. The lowest BCUT2D eigenvalue weighted by molar-refractivity contribution is 0.318. The van der Waals surface area contributed by atoms with Crippen LogP contribution in [0, 0.1) is 0 Å². The van der Waals surface area contributed by atoms with Crippen LogP contribution in [0.25, 0.3) is 22.3 Å². The summed E-state index contributed by atoms with van der Waals surface area (Å²) in [4.78, 5) is 0. The average molecular weight is 332 g/mol. The van der Waals surface area contributed by atoms with E-state index in [1.807, 2.05) is 48.5 Å². The van der Waals surface area contributed by atoms with E-state index >= 15 is 0 Å². The SMILES string of the molecule is CCc1ccccc1-c1c(C(N)=NO)cccc1-c1ccc(O)cc1. The minimum absolute atomic E-state index is 0.0709. The largest absolute Gasteiger partial charge is 0.508 e. The zero-order valence-electron chi connectivity index (χ0n) is 14.0. The number of nitrogens with two attached hydrogens (primary N) is 1. The number of hydrogen-bond acceptors (Lipinski definition) is 3. The van der Waals surface area contributed by atoms with Crippen LogP contribution in [0.5, 0.6) is 5.75 Å². The summed E-state index contributed by atoms with van der Waals surface area (Å²) >= 11 is 0. The lowest BCUT2D eigenvalue weighted by Crippen LogP contribution is -2.15. The standard InChI is InChI=1S/C21H20N2O2/c1-2-14-6-3-4-7-17(14)20-18(15-10-12-16(24)13-11-15)8-5-9-19(20)21(22)23-25/h3-13,24-25H,2H2,1H3,(H2,22,23). The number of phenols is 1. The first-order valence-electron chi connectivity index (χ1n) is 8.14. The van der Waals surface area contributed by atoms with Gasteiger partial charge in [-0.15, -0.1) is 0 Å². The average Bonchev–Trinajstić information content (AvgIpc) is 2.67. The third kappa shape index (κ3) is 3.19. The molecular weight excluding hydrogens is 312 g/mol. The van der Waals surface area contributed by atoms with Crippen LogP contribution in [0.2, 0.25) is 0 Å². The normalized spacial score (nSPS) is 11.5. The zero-order chi connectivity index (χ0) is 17.8. The summed E-state index contributed by atoms with van der Waals surface area (Å²) in [5.41, 5.74) is 11.7. The molecule has 0 fully saturated rings. The fraction of sp³-hybridized carbons (Fsp3) is 0.0952. The fourth-order valence-electron chi connectivity index (χ4n) is 3.06. The summed E-state index contributed by atoms with van der Waals surface area (Å²) in [6.45, 7) is 2.10. The van der Waals surface area contributed by atoms with E-state index in [-0.39, 0.29) is 11.6 Å². The minimum atomic E-state index is 0.0709. The number of rotatable bonds is 4. The van der Waals surface area contributed by atoms with Crippen LogP contribution in [-0.2, 0) is 6.42 Å². The molecule has 0 aliphatic heterocycles. The quantitative estimate of drug-likeness (QED) is 0.287. The van der Waals surface area contributed by atoms with E-state index < -0.39 is 0 Å². The fourth-order valence-corrected chi connectivity index (χ4v) is 3.06. The Balaban J connectivity index is 2.35. The second kappa shape index (κ2) is 7.09. The Hall–Kier alpha value is -3.27. The number of oxime groups is 1. The van der Waals surface area contributed by atoms with Gasteiger partial charge < -0.3 is 16.0 Å². The maximum absolute atomic E-state index is 9.58. The zero-order valence-corrected chi connectivity index (χ0v) is 14.0. The van der Waals surface area contributed by atoms with Crippen molar-refractivity contribution in [2.45, 2.75) is 13.3 Å². The van der Waals surface area contributed by atoms with Crippen LogP contribution in [-0.4, -0.2) is 16.1 Å². The number of aromatic hydroxyl groups is 1. The number of nitrogens with zero attached hydrogens (tertiary/aromatic N) is 1. The molecule has 0 amide bonds. The van der Waals surface area contributed by atoms with Gasteiger partial charge in [0, 0.05) is 11.1 Å². The maximum Gasteiger partial charge on any atom is 0.170 e. The number of aryl methyl sites for hydroxylation is 1. The molecule has 0 saturated carbocycles. The Bertz CT molecular complexity index is 915.